The summed E-state index contributed by atoms with van der Waals surface area (Å²) in [6.07, 6.45) is -3.49. The van der Waals surface area contributed by atoms with E-state index in [-0.39, 0.29) is 31.6 Å². The maximum Gasteiger partial charge on any atom is 0.405 e. The molecular weight excluding hydrogens is 311 g/mol. The molecule has 1 atom stereocenters. The molecule has 1 aliphatic rings. The van der Waals surface area contributed by atoms with Gasteiger partial charge in [0.15, 0.2) is 0 Å². The van der Waals surface area contributed by atoms with Crippen molar-refractivity contribution in [2.75, 3.05) is 45.9 Å². The van der Waals surface area contributed by atoms with Crippen LogP contribution in [0.4, 0.5) is 13.2 Å². The average Bonchev–Trinajstić information content (AvgIpc) is 2.43. The van der Waals surface area contributed by atoms with E-state index in [2.05, 4.69) is 5.32 Å². The zero-order valence-electron chi connectivity index (χ0n) is 14.2. The first-order valence-electron chi connectivity index (χ1n) is 8.15. The second kappa shape index (κ2) is 9.44. The highest BCUT2D eigenvalue weighted by Crippen LogP contribution is 2.27. The van der Waals surface area contributed by atoms with Crippen molar-refractivity contribution in [2.24, 2.45) is 0 Å². The standard InChI is InChI=1S/C15H28F3N3O2/c1-4-19-14(22)11-21-8-7-20(6-5-9-23-12(2)3)10-13(21)15(16,17)18/h12-13H,4-11H2,1-3H3,(H,19,22)/t13-/m1/s1. The van der Waals surface area contributed by atoms with Gasteiger partial charge in [0.2, 0.25) is 5.91 Å². The summed E-state index contributed by atoms with van der Waals surface area (Å²) in [6.45, 7) is 7.63. The molecule has 0 spiro atoms. The summed E-state index contributed by atoms with van der Waals surface area (Å²) in [5.74, 6) is -0.361. The fourth-order valence-corrected chi connectivity index (χ4v) is 2.62. The smallest absolute Gasteiger partial charge is 0.379 e. The Morgan fingerprint density at radius 3 is 2.61 bits per heavy atom. The first kappa shape index (κ1) is 20.2. The molecular formula is C15H28F3N3O2. The van der Waals surface area contributed by atoms with Crippen LogP contribution in [-0.2, 0) is 9.53 Å². The highest BCUT2D eigenvalue weighted by atomic mass is 19.4. The first-order chi connectivity index (χ1) is 10.7. The fourth-order valence-electron chi connectivity index (χ4n) is 2.62. The summed E-state index contributed by atoms with van der Waals surface area (Å²) in [6, 6.07) is -1.59. The topological polar surface area (TPSA) is 44.8 Å². The van der Waals surface area contributed by atoms with Crippen molar-refractivity contribution in [3.63, 3.8) is 0 Å². The Kier molecular flexibility index (Phi) is 8.28. The van der Waals surface area contributed by atoms with Crippen LogP contribution in [0.5, 0.6) is 0 Å². The van der Waals surface area contributed by atoms with Gasteiger partial charge in [-0.25, -0.2) is 0 Å². The van der Waals surface area contributed by atoms with Crippen molar-refractivity contribution >= 4 is 5.91 Å². The molecule has 8 heteroatoms. The van der Waals surface area contributed by atoms with E-state index in [4.69, 9.17) is 4.74 Å². The van der Waals surface area contributed by atoms with Gasteiger partial charge in [-0.2, -0.15) is 13.2 Å². The Hall–Kier alpha value is -0.860. The van der Waals surface area contributed by atoms with Crippen molar-refractivity contribution in [2.45, 2.75) is 45.5 Å². The molecule has 1 aliphatic heterocycles. The largest absolute Gasteiger partial charge is 0.405 e. The van der Waals surface area contributed by atoms with Gasteiger partial charge in [0.1, 0.15) is 6.04 Å². The van der Waals surface area contributed by atoms with Crippen molar-refractivity contribution in [1.82, 2.24) is 15.1 Å². The number of nitrogens with one attached hydrogen (secondary N) is 1. The van der Waals surface area contributed by atoms with Gasteiger partial charge in [-0.05, 0) is 27.2 Å². The van der Waals surface area contributed by atoms with E-state index in [1.54, 1.807) is 11.8 Å². The molecule has 0 radical (unpaired) electrons. The number of hydrogen-bond donors (Lipinski definition) is 1. The second-order valence-corrected chi connectivity index (χ2v) is 6.06. The maximum absolute atomic E-state index is 13.3. The number of alkyl halides is 3. The van der Waals surface area contributed by atoms with E-state index in [0.29, 0.717) is 32.7 Å². The Morgan fingerprint density at radius 2 is 2.04 bits per heavy atom. The van der Waals surface area contributed by atoms with Gasteiger partial charge >= 0.3 is 6.18 Å². The van der Waals surface area contributed by atoms with Crippen LogP contribution in [-0.4, -0.2) is 79.9 Å². The summed E-state index contributed by atoms with van der Waals surface area (Å²) in [7, 11) is 0. The Labute approximate surface area is 136 Å². The molecule has 1 amide bonds. The molecule has 1 fully saturated rings. The third-order valence-corrected chi connectivity index (χ3v) is 3.74. The van der Waals surface area contributed by atoms with E-state index in [0.717, 1.165) is 0 Å². The van der Waals surface area contributed by atoms with Gasteiger partial charge in [-0.1, -0.05) is 0 Å². The van der Waals surface area contributed by atoms with Gasteiger partial charge in [0, 0.05) is 39.3 Å². The number of nitrogens with zero attached hydrogens (tertiary/aromatic N) is 2. The molecule has 0 bridgehead atoms. The van der Waals surface area contributed by atoms with Crippen molar-refractivity contribution in [3.8, 4) is 0 Å². The number of carbonyl (C=O) groups is 1. The molecule has 1 heterocycles. The number of carbonyl (C=O) groups excluding carboxylic acids is 1. The van der Waals surface area contributed by atoms with Gasteiger partial charge in [0.25, 0.3) is 0 Å². The van der Waals surface area contributed by atoms with Crippen molar-refractivity contribution in [3.05, 3.63) is 0 Å². The van der Waals surface area contributed by atoms with Crippen molar-refractivity contribution in [1.29, 1.82) is 0 Å². The normalized spacial score (nSPS) is 20.9. The zero-order chi connectivity index (χ0) is 17.5. The lowest BCUT2D eigenvalue weighted by molar-refractivity contribution is -0.197. The van der Waals surface area contributed by atoms with Crippen LogP contribution < -0.4 is 5.32 Å². The molecule has 0 unspecified atom stereocenters. The molecule has 0 saturated carbocycles. The van der Waals surface area contributed by atoms with Crippen LogP contribution in [0.15, 0.2) is 0 Å². The lowest BCUT2D eigenvalue weighted by Gasteiger charge is -2.41. The lowest BCUT2D eigenvalue weighted by atomic mass is 10.1. The highest BCUT2D eigenvalue weighted by Gasteiger charge is 2.46. The van der Waals surface area contributed by atoms with Gasteiger partial charge < -0.3 is 15.0 Å². The quantitative estimate of drug-likeness (QED) is 0.681. The monoisotopic (exact) mass is 339 g/mol. The third kappa shape index (κ3) is 7.50. The molecule has 0 aromatic heterocycles. The third-order valence-electron chi connectivity index (χ3n) is 3.74. The molecule has 0 aromatic rings. The van der Waals surface area contributed by atoms with E-state index in [9.17, 15) is 18.0 Å². The summed E-state index contributed by atoms with van der Waals surface area (Å²) in [5.41, 5.74) is 0. The minimum Gasteiger partial charge on any atom is -0.379 e. The van der Waals surface area contributed by atoms with Gasteiger partial charge in [-0.15, -0.1) is 0 Å². The molecule has 23 heavy (non-hydrogen) atoms. The predicted molar refractivity (Wildman–Crippen MR) is 82.2 cm³/mol. The van der Waals surface area contributed by atoms with Crippen LogP contribution in [0.25, 0.3) is 0 Å². The minimum atomic E-state index is -4.33. The number of hydrogen-bond acceptors (Lipinski definition) is 4. The minimum absolute atomic E-state index is 0.0927. The van der Waals surface area contributed by atoms with Crippen LogP contribution >= 0.6 is 0 Å². The number of rotatable bonds is 8. The molecule has 136 valence electrons. The Morgan fingerprint density at radius 1 is 1.35 bits per heavy atom. The summed E-state index contributed by atoms with van der Waals surface area (Å²) in [4.78, 5) is 14.6. The molecule has 5 nitrogen and oxygen atoms in total. The molecule has 1 saturated heterocycles. The second-order valence-electron chi connectivity index (χ2n) is 6.06. The summed E-state index contributed by atoms with van der Waals surface area (Å²) < 4.78 is 45.2. The zero-order valence-corrected chi connectivity index (χ0v) is 14.2. The average molecular weight is 339 g/mol. The summed E-state index contributed by atoms with van der Waals surface area (Å²) >= 11 is 0. The van der Waals surface area contributed by atoms with Gasteiger partial charge in [0.05, 0.1) is 12.6 Å². The molecule has 0 aliphatic carbocycles. The first-order valence-corrected chi connectivity index (χ1v) is 8.15. The lowest BCUT2D eigenvalue weighted by Crippen LogP contribution is -2.60. The van der Waals surface area contributed by atoms with Crippen molar-refractivity contribution < 1.29 is 22.7 Å². The number of piperazine rings is 1. The van der Waals surface area contributed by atoms with Crippen LogP contribution in [0.1, 0.15) is 27.2 Å². The fraction of sp³-hybridized carbons (Fsp3) is 0.933. The van der Waals surface area contributed by atoms with Crippen LogP contribution in [0.2, 0.25) is 0 Å². The van der Waals surface area contributed by atoms with E-state index in [1.807, 2.05) is 13.8 Å². The number of ether oxygens (including phenoxy) is 1. The highest BCUT2D eigenvalue weighted by molar-refractivity contribution is 5.78. The number of amides is 1. The SMILES string of the molecule is CCNC(=O)CN1CCN(CCCOC(C)C)C[C@@H]1C(F)(F)F. The molecule has 1 rings (SSSR count). The predicted octanol–water partition coefficient (Wildman–Crippen LogP) is 1.49. The van der Waals surface area contributed by atoms with E-state index < -0.39 is 12.2 Å². The number of likely N-dealkylation sites (N-methyl/N-ethyl adjacent to an activating group) is 1. The number of halogens is 3. The Balaban J connectivity index is 2.51. The van der Waals surface area contributed by atoms with Crippen LogP contribution in [0.3, 0.4) is 0 Å². The summed E-state index contributed by atoms with van der Waals surface area (Å²) in [5, 5.41) is 2.55. The molecule has 1 N–H and O–H groups in total. The van der Waals surface area contributed by atoms with E-state index in [1.165, 1.54) is 4.90 Å². The van der Waals surface area contributed by atoms with Gasteiger partial charge in [-0.3, -0.25) is 9.69 Å². The molecule has 0 aromatic carbocycles. The van der Waals surface area contributed by atoms with Crippen LogP contribution in [0, 0.1) is 0 Å². The Bertz CT molecular complexity index is 364. The van der Waals surface area contributed by atoms with E-state index >= 15 is 0 Å². The maximum atomic E-state index is 13.3.